The molecule has 0 bridgehead atoms. The number of nitrogens with zero attached hydrogens (tertiary/aromatic N) is 1. The molecule has 2 rings (SSSR count). The molecule has 78 valence electrons. The van der Waals surface area contributed by atoms with Crippen LogP contribution < -0.4 is 5.32 Å². The van der Waals surface area contributed by atoms with E-state index in [1.165, 1.54) is 0 Å². The monoisotopic (exact) mass is 205 g/mol. The number of aromatic amines is 1. The third-order valence-corrected chi connectivity index (χ3v) is 2.11. The Hall–Kier alpha value is -2.04. The Morgan fingerprint density at radius 2 is 2.27 bits per heavy atom. The minimum absolute atomic E-state index is 0.478. The van der Waals surface area contributed by atoms with Crippen molar-refractivity contribution >= 4 is 23.0 Å². The fraction of sp³-hybridized carbons (Fsp3) is 0.200. The largest absolute Gasteiger partial charge is 0.480 e. The second-order valence-corrected chi connectivity index (χ2v) is 3.31. The summed E-state index contributed by atoms with van der Waals surface area (Å²) >= 11 is 0. The van der Waals surface area contributed by atoms with Crippen LogP contribution in [0.2, 0.25) is 0 Å². The van der Waals surface area contributed by atoms with Gasteiger partial charge in [-0.15, -0.1) is 0 Å². The van der Waals surface area contributed by atoms with E-state index < -0.39 is 12.0 Å². The topological polar surface area (TPSA) is 78.0 Å². The molecule has 1 atom stereocenters. The van der Waals surface area contributed by atoms with Gasteiger partial charge in [-0.3, -0.25) is 4.79 Å². The molecule has 0 radical (unpaired) electrons. The first-order valence-corrected chi connectivity index (χ1v) is 4.61. The van der Waals surface area contributed by atoms with Crippen LogP contribution in [0.5, 0.6) is 0 Å². The Balaban J connectivity index is 2.26. The van der Waals surface area contributed by atoms with Crippen LogP contribution in [0.25, 0.3) is 11.0 Å². The molecule has 0 saturated carbocycles. The molecule has 0 aliphatic carbocycles. The van der Waals surface area contributed by atoms with E-state index in [1.54, 1.807) is 6.92 Å². The smallest absolute Gasteiger partial charge is 0.325 e. The molecule has 1 aromatic heterocycles. The number of H-pyrrole nitrogens is 1. The van der Waals surface area contributed by atoms with E-state index in [9.17, 15) is 4.79 Å². The van der Waals surface area contributed by atoms with Crippen LogP contribution >= 0.6 is 0 Å². The van der Waals surface area contributed by atoms with Crippen LogP contribution in [-0.2, 0) is 4.79 Å². The Labute approximate surface area is 86.1 Å². The number of hydrogen-bond acceptors (Lipinski definition) is 3. The van der Waals surface area contributed by atoms with E-state index >= 15 is 0 Å². The first kappa shape index (κ1) is 9.51. The van der Waals surface area contributed by atoms with Crippen LogP contribution in [0.1, 0.15) is 6.92 Å². The summed E-state index contributed by atoms with van der Waals surface area (Å²) in [6, 6.07) is 6.87. The van der Waals surface area contributed by atoms with Crippen molar-refractivity contribution in [2.45, 2.75) is 13.0 Å². The number of carboxylic acids is 1. The van der Waals surface area contributed by atoms with E-state index in [4.69, 9.17) is 5.11 Å². The predicted molar refractivity (Wildman–Crippen MR) is 56.8 cm³/mol. The van der Waals surface area contributed by atoms with Crippen molar-refractivity contribution < 1.29 is 9.90 Å². The molecule has 0 fully saturated rings. The first-order chi connectivity index (χ1) is 7.16. The molecule has 0 unspecified atom stereocenters. The summed E-state index contributed by atoms with van der Waals surface area (Å²) in [4.78, 5) is 17.8. The second kappa shape index (κ2) is 3.61. The van der Waals surface area contributed by atoms with Gasteiger partial charge < -0.3 is 15.4 Å². The maximum absolute atomic E-state index is 10.6. The quantitative estimate of drug-likeness (QED) is 0.708. The maximum Gasteiger partial charge on any atom is 0.325 e. The summed E-state index contributed by atoms with van der Waals surface area (Å²) in [7, 11) is 0. The lowest BCUT2D eigenvalue weighted by atomic mass is 10.3. The number of hydrogen-bond donors (Lipinski definition) is 3. The highest BCUT2D eigenvalue weighted by molar-refractivity contribution is 5.79. The second-order valence-electron chi connectivity index (χ2n) is 3.31. The highest BCUT2D eigenvalue weighted by atomic mass is 16.4. The van der Waals surface area contributed by atoms with Gasteiger partial charge in [0.2, 0.25) is 5.95 Å². The zero-order chi connectivity index (χ0) is 10.8. The van der Waals surface area contributed by atoms with Crippen molar-refractivity contribution in [2.24, 2.45) is 0 Å². The molecule has 0 aliphatic rings. The van der Waals surface area contributed by atoms with Crippen LogP contribution in [0.15, 0.2) is 24.3 Å². The van der Waals surface area contributed by atoms with Crippen molar-refractivity contribution in [1.29, 1.82) is 0 Å². The van der Waals surface area contributed by atoms with Gasteiger partial charge in [-0.1, -0.05) is 12.1 Å². The average molecular weight is 205 g/mol. The molecule has 2 aromatic rings. The summed E-state index contributed by atoms with van der Waals surface area (Å²) in [6.45, 7) is 1.56. The number of para-hydroxylation sites is 2. The highest BCUT2D eigenvalue weighted by Crippen LogP contribution is 2.13. The Morgan fingerprint density at radius 1 is 1.53 bits per heavy atom. The number of carbonyl (C=O) groups is 1. The first-order valence-electron chi connectivity index (χ1n) is 4.61. The van der Waals surface area contributed by atoms with Gasteiger partial charge in [-0.2, -0.15) is 0 Å². The summed E-state index contributed by atoms with van der Waals surface area (Å²) in [5, 5.41) is 11.5. The minimum atomic E-state index is -0.907. The third kappa shape index (κ3) is 1.90. The van der Waals surface area contributed by atoms with Gasteiger partial charge in [-0.25, -0.2) is 4.98 Å². The molecule has 5 heteroatoms. The third-order valence-electron chi connectivity index (χ3n) is 2.11. The van der Waals surface area contributed by atoms with Gasteiger partial charge in [-0.05, 0) is 19.1 Å². The molecule has 1 heterocycles. The van der Waals surface area contributed by atoms with E-state index in [2.05, 4.69) is 15.3 Å². The van der Waals surface area contributed by atoms with Crippen LogP contribution in [0, 0.1) is 0 Å². The molecule has 0 amide bonds. The van der Waals surface area contributed by atoms with Crippen molar-refractivity contribution in [3.63, 3.8) is 0 Å². The SMILES string of the molecule is C[C@H](Nc1nc2ccccc2[nH]1)C(=O)O. The highest BCUT2D eigenvalue weighted by Gasteiger charge is 2.11. The number of aromatic nitrogens is 2. The molecule has 0 saturated heterocycles. The van der Waals surface area contributed by atoms with Gasteiger partial charge in [0.15, 0.2) is 0 Å². The fourth-order valence-corrected chi connectivity index (χ4v) is 1.29. The molecule has 15 heavy (non-hydrogen) atoms. The van der Waals surface area contributed by atoms with Crippen molar-refractivity contribution in [3.8, 4) is 0 Å². The Morgan fingerprint density at radius 3 is 2.93 bits per heavy atom. The number of benzene rings is 1. The number of carboxylic acid groups (broad SMARTS) is 1. The van der Waals surface area contributed by atoms with Gasteiger partial charge in [0.1, 0.15) is 6.04 Å². The number of nitrogens with one attached hydrogen (secondary N) is 2. The lowest BCUT2D eigenvalue weighted by Crippen LogP contribution is -2.25. The number of anilines is 1. The van der Waals surface area contributed by atoms with Crippen molar-refractivity contribution in [3.05, 3.63) is 24.3 Å². The lowest BCUT2D eigenvalue weighted by molar-refractivity contribution is -0.137. The van der Waals surface area contributed by atoms with E-state index in [0.29, 0.717) is 5.95 Å². The molecular weight excluding hydrogens is 194 g/mol. The lowest BCUT2D eigenvalue weighted by Gasteiger charge is -2.06. The number of rotatable bonds is 3. The standard InChI is InChI=1S/C10H11N3O2/c1-6(9(14)15)11-10-12-7-4-2-3-5-8(7)13-10/h2-6H,1H3,(H,14,15)(H2,11,12,13)/t6-/m0/s1. The average Bonchev–Trinajstić information content (AvgIpc) is 2.59. The number of fused-ring (bicyclic) bond motifs is 1. The number of aliphatic carboxylic acids is 1. The van der Waals surface area contributed by atoms with Crippen molar-refractivity contribution in [1.82, 2.24) is 9.97 Å². The summed E-state index contributed by atoms with van der Waals surface area (Å²) < 4.78 is 0. The van der Waals surface area contributed by atoms with Crippen LogP contribution in [0.4, 0.5) is 5.95 Å². The summed E-state index contributed by atoms with van der Waals surface area (Å²) in [6.07, 6.45) is 0. The maximum atomic E-state index is 10.6. The van der Waals surface area contributed by atoms with Crippen LogP contribution in [0.3, 0.4) is 0 Å². The zero-order valence-electron chi connectivity index (χ0n) is 8.19. The van der Waals surface area contributed by atoms with E-state index in [0.717, 1.165) is 11.0 Å². The Bertz CT molecular complexity index is 459. The molecule has 0 aliphatic heterocycles. The van der Waals surface area contributed by atoms with Gasteiger partial charge in [0, 0.05) is 0 Å². The van der Waals surface area contributed by atoms with E-state index in [-0.39, 0.29) is 0 Å². The molecule has 3 N–H and O–H groups in total. The fourth-order valence-electron chi connectivity index (χ4n) is 1.29. The van der Waals surface area contributed by atoms with Gasteiger partial charge in [0.25, 0.3) is 0 Å². The molecule has 0 spiro atoms. The summed E-state index contributed by atoms with van der Waals surface area (Å²) in [5.74, 6) is -0.429. The van der Waals surface area contributed by atoms with Crippen molar-refractivity contribution in [2.75, 3.05) is 5.32 Å². The van der Waals surface area contributed by atoms with Gasteiger partial charge >= 0.3 is 5.97 Å². The van der Waals surface area contributed by atoms with E-state index in [1.807, 2.05) is 24.3 Å². The minimum Gasteiger partial charge on any atom is -0.480 e. The van der Waals surface area contributed by atoms with Gasteiger partial charge in [0.05, 0.1) is 11.0 Å². The predicted octanol–water partition coefficient (Wildman–Crippen LogP) is 1.45. The molecular formula is C10H11N3O2. The zero-order valence-corrected chi connectivity index (χ0v) is 8.19. The molecule has 1 aromatic carbocycles. The van der Waals surface area contributed by atoms with Crippen LogP contribution in [-0.4, -0.2) is 27.1 Å². The number of imidazole rings is 1. The molecule has 5 nitrogen and oxygen atoms in total. The normalized spacial score (nSPS) is 12.6. The summed E-state index contributed by atoms with van der Waals surface area (Å²) in [5.41, 5.74) is 1.70. The Kier molecular flexibility index (Phi) is 2.29.